The normalized spacial score (nSPS) is 13.6. The molecule has 0 radical (unpaired) electrons. The third kappa shape index (κ3) is 3.98. The Morgan fingerprint density at radius 2 is 2.20 bits per heavy atom. The predicted molar refractivity (Wildman–Crippen MR) is 72.0 cm³/mol. The summed E-state index contributed by atoms with van der Waals surface area (Å²) in [4.78, 5) is 20.7. The van der Waals surface area contributed by atoms with Gasteiger partial charge < -0.3 is 10.4 Å². The van der Waals surface area contributed by atoms with Crippen LogP contribution in [-0.2, 0) is 10.8 Å². The molecule has 1 rings (SSSR count). The van der Waals surface area contributed by atoms with Crippen LogP contribution in [0.4, 0.5) is 15.8 Å². The van der Waals surface area contributed by atoms with Crippen molar-refractivity contribution in [1.82, 2.24) is 0 Å². The van der Waals surface area contributed by atoms with Crippen LogP contribution in [0.3, 0.4) is 0 Å². The number of carboxylic acid groups (broad SMARTS) is 1. The Morgan fingerprint density at radius 1 is 1.60 bits per heavy atom. The van der Waals surface area contributed by atoms with Crippen LogP contribution in [0.5, 0.6) is 0 Å². The molecule has 20 heavy (non-hydrogen) atoms. The number of halogens is 1. The van der Waals surface area contributed by atoms with Gasteiger partial charge in [0.1, 0.15) is 5.56 Å². The third-order valence-corrected chi connectivity index (χ3v) is 3.37. The van der Waals surface area contributed by atoms with E-state index < -0.39 is 38.8 Å². The third-order valence-electron chi connectivity index (χ3n) is 2.40. The number of hydrogen-bond donors (Lipinski definition) is 2. The molecular formula is C11H13FN2O5S. The van der Waals surface area contributed by atoms with Crippen LogP contribution in [0.25, 0.3) is 0 Å². The fraction of sp³-hybridized carbons (Fsp3) is 0.364. The van der Waals surface area contributed by atoms with E-state index in [2.05, 4.69) is 5.32 Å². The minimum absolute atomic E-state index is 0.175. The molecule has 9 heteroatoms. The first-order valence-electron chi connectivity index (χ1n) is 5.50. The highest BCUT2D eigenvalue weighted by Crippen LogP contribution is 2.26. The van der Waals surface area contributed by atoms with Gasteiger partial charge in [-0.15, -0.1) is 0 Å². The van der Waals surface area contributed by atoms with Gasteiger partial charge in [0.05, 0.1) is 16.7 Å². The summed E-state index contributed by atoms with van der Waals surface area (Å²) in [5.41, 5.74) is -1.60. The maximum Gasteiger partial charge on any atom is 0.342 e. The Labute approximate surface area is 116 Å². The summed E-state index contributed by atoms with van der Waals surface area (Å²) in [6.45, 7) is 1.64. The molecule has 1 aromatic carbocycles. The first kappa shape index (κ1) is 16.0. The summed E-state index contributed by atoms with van der Waals surface area (Å²) in [5, 5.41) is 22.2. The van der Waals surface area contributed by atoms with Crippen LogP contribution in [0, 0.1) is 15.9 Å². The summed E-state index contributed by atoms with van der Waals surface area (Å²) in [6, 6.07) is 1.05. The molecule has 0 saturated carbocycles. The molecule has 0 aliphatic heterocycles. The monoisotopic (exact) mass is 304 g/mol. The van der Waals surface area contributed by atoms with Gasteiger partial charge in [0.25, 0.3) is 5.69 Å². The van der Waals surface area contributed by atoms with E-state index in [-0.39, 0.29) is 17.5 Å². The van der Waals surface area contributed by atoms with Crippen molar-refractivity contribution >= 4 is 28.1 Å². The van der Waals surface area contributed by atoms with E-state index in [9.17, 15) is 23.5 Å². The second kappa shape index (κ2) is 6.42. The number of carbonyl (C=O) groups is 1. The van der Waals surface area contributed by atoms with Crippen LogP contribution in [0.2, 0.25) is 0 Å². The van der Waals surface area contributed by atoms with E-state index in [0.717, 1.165) is 6.07 Å². The molecule has 1 aromatic rings. The molecule has 0 heterocycles. The van der Waals surface area contributed by atoms with E-state index in [1.165, 1.54) is 6.26 Å². The van der Waals surface area contributed by atoms with E-state index >= 15 is 0 Å². The molecule has 7 nitrogen and oxygen atoms in total. The van der Waals surface area contributed by atoms with Gasteiger partial charge in [-0.3, -0.25) is 14.3 Å². The average Bonchev–Trinajstić information content (AvgIpc) is 2.29. The number of rotatable bonds is 6. The minimum atomic E-state index is -1.52. The highest BCUT2D eigenvalue weighted by molar-refractivity contribution is 7.84. The standard InChI is InChI=1S/C11H13FN2O5S/c1-6(5-20(2)19)13-9-3-7(11(15)16)10(14(17)18)4-8(9)12/h3-4,6,13H,5H2,1-2H3,(H,15,16). The van der Waals surface area contributed by atoms with Crippen molar-refractivity contribution in [1.29, 1.82) is 0 Å². The summed E-state index contributed by atoms with van der Waals surface area (Å²) in [6.07, 6.45) is 1.48. The maximum absolute atomic E-state index is 13.7. The second-order valence-electron chi connectivity index (χ2n) is 4.20. The maximum atomic E-state index is 13.7. The van der Waals surface area contributed by atoms with Crippen LogP contribution < -0.4 is 5.32 Å². The van der Waals surface area contributed by atoms with Gasteiger partial charge in [0.15, 0.2) is 5.82 Å². The Morgan fingerprint density at radius 3 is 2.65 bits per heavy atom. The summed E-state index contributed by atoms with van der Waals surface area (Å²) >= 11 is 0. The molecule has 0 aromatic heterocycles. The van der Waals surface area contributed by atoms with Gasteiger partial charge in [0.2, 0.25) is 0 Å². The Kier molecular flexibility index (Phi) is 5.14. The van der Waals surface area contributed by atoms with E-state index in [4.69, 9.17) is 5.11 Å². The number of nitrogens with zero attached hydrogens (tertiary/aromatic N) is 1. The topological polar surface area (TPSA) is 110 Å². The number of anilines is 1. The first-order chi connectivity index (χ1) is 9.22. The van der Waals surface area contributed by atoms with Crippen molar-refractivity contribution in [3.63, 3.8) is 0 Å². The number of nitro groups is 1. The number of carboxylic acids is 1. The lowest BCUT2D eigenvalue weighted by atomic mass is 10.1. The van der Waals surface area contributed by atoms with Crippen molar-refractivity contribution in [3.8, 4) is 0 Å². The fourth-order valence-corrected chi connectivity index (χ4v) is 2.44. The Balaban J connectivity index is 3.16. The fourth-order valence-electron chi connectivity index (χ4n) is 1.65. The van der Waals surface area contributed by atoms with Crippen LogP contribution in [-0.4, -0.2) is 38.3 Å². The molecule has 0 amide bonds. The lowest BCUT2D eigenvalue weighted by molar-refractivity contribution is -0.385. The molecule has 0 aliphatic rings. The molecule has 0 bridgehead atoms. The summed E-state index contributed by atoms with van der Waals surface area (Å²) in [7, 11) is -1.11. The molecule has 110 valence electrons. The lowest BCUT2D eigenvalue weighted by Crippen LogP contribution is -2.23. The first-order valence-corrected chi connectivity index (χ1v) is 7.23. The second-order valence-corrected chi connectivity index (χ2v) is 5.68. The quantitative estimate of drug-likeness (QED) is 0.610. The van der Waals surface area contributed by atoms with Gasteiger partial charge in [-0.1, -0.05) is 0 Å². The van der Waals surface area contributed by atoms with Crippen LogP contribution in [0.15, 0.2) is 12.1 Å². The Bertz CT molecular complexity index is 578. The number of nitrogens with one attached hydrogen (secondary N) is 1. The highest BCUT2D eigenvalue weighted by atomic mass is 32.2. The molecule has 2 N–H and O–H groups in total. The number of benzene rings is 1. The van der Waals surface area contributed by atoms with E-state index in [0.29, 0.717) is 6.07 Å². The van der Waals surface area contributed by atoms with Crippen LogP contribution in [0.1, 0.15) is 17.3 Å². The molecule has 0 fully saturated rings. The lowest BCUT2D eigenvalue weighted by Gasteiger charge is -2.15. The molecule has 2 atom stereocenters. The van der Waals surface area contributed by atoms with E-state index in [1.807, 2.05) is 0 Å². The van der Waals surface area contributed by atoms with Gasteiger partial charge in [-0.25, -0.2) is 9.18 Å². The summed E-state index contributed by atoms with van der Waals surface area (Å²) < 4.78 is 24.8. The van der Waals surface area contributed by atoms with Crippen molar-refractivity contribution in [2.24, 2.45) is 0 Å². The van der Waals surface area contributed by atoms with Gasteiger partial charge in [-0.05, 0) is 13.0 Å². The average molecular weight is 304 g/mol. The van der Waals surface area contributed by atoms with Crippen molar-refractivity contribution in [3.05, 3.63) is 33.6 Å². The van der Waals surface area contributed by atoms with Crippen molar-refractivity contribution < 1.29 is 23.4 Å². The smallest absolute Gasteiger partial charge is 0.342 e. The SMILES string of the molecule is CC(CS(C)=O)Nc1cc(C(=O)O)c([N+](=O)[O-])cc1F. The van der Waals surface area contributed by atoms with Crippen molar-refractivity contribution in [2.75, 3.05) is 17.3 Å². The minimum Gasteiger partial charge on any atom is -0.477 e. The molecular weight excluding hydrogens is 291 g/mol. The number of nitro benzene ring substituents is 1. The predicted octanol–water partition coefficient (Wildman–Crippen LogP) is 1.61. The van der Waals surface area contributed by atoms with Crippen molar-refractivity contribution in [2.45, 2.75) is 13.0 Å². The number of aromatic carboxylic acids is 1. The molecule has 0 aliphatic carbocycles. The molecule has 0 spiro atoms. The van der Waals surface area contributed by atoms with Gasteiger partial charge >= 0.3 is 5.97 Å². The largest absolute Gasteiger partial charge is 0.477 e. The van der Waals surface area contributed by atoms with Crippen LogP contribution >= 0.6 is 0 Å². The highest BCUT2D eigenvalue weighted by Gasteiger charge is 2.23. The zero-order valence-electron chi connectivity index (χ0n) is 10.8. The Hall–Kier alpha value is -2.03. The number of hydrogen-bond acceptors (Lipinski definition) is 5. The van der Waals surface area contributed by atoms with E-state index in [1.54, 1.807) is 6.92 Å². The zero-order valence-corrected chi connectivity index (χ0v) is 11.6. The molecule has 0 saturated heterocycles. The van der Waals surface area contributed by atoms with Gasteiger partial charge in [-0.2, -0.15) is 0 Å². The van der Waals surface area contributed by atoms with Gasteiger partial charge in [0, 0.05) is 28.9 Å². The molecule has 2 unspecified atom stereocenters. The summed E-state index contributed by atoms with van der Waals surface area (Å²) in [5.74, 6) is -2.22. The zero-order chi connectivity index (χ0) is 15.4.